The molecule has 8 aromatic rings. The number of amidine groups is 2. The van der Waals surface area contributed by atoms with Crippen molar-refractivity contribution < 1.29 is 0 Å². The van der Waals surface area contributed by atoms with Gasteiger partial charge in [0.2, 0.25) is 0 Å². The zero-order valence-corrected chi connectivity index (χ0v) is 27.4. The molecule has 0 saturated heterocycles. The van der Waals surface area contributed by atoms with Crippen LogP contribution in [0.2, 0.25) is 0 Å². The molecule has 0 saturated carbocycles. The Morgan fingerprint density at radius 1 is 0.431 bits per heavy atom. The fourth-order valence-electron chi connectivity index (χ4n) is 8.06. The van der Waals surface area contributed by atoms with Crippen LogP contribution < -0.4 is 10.6 Å². The van der Waals surface area contributed by atoms with E-state index >= 15 is 0 Å². The first kappa shape index (κ1) is 28.0. The van der Waals surface area contributed by atoms with Crippen LogP contribution in [0.5, 0.6) is 0 Å². The van der Waals surface area contributed by atoms with Crippen molar-refractivity contribution in [1.29, 1.82) is 0 Å². The number of hydrogen-bond donors (Lipinski definition) is 2. The molecule has 0 radical (unpaired) electrons. The lowest BCUT2D eigenvalue weighted by Crippen LogP contribution is -2.06. The maximum absolute atomic E-state index is 4.84. The molecule has 1 aliphatic carbocycles. The molecule has 6 heteroatoms. The standard InChI is InChI=1S/C45H28N6/c1-3-21-46-40(11-1)50-44-34-9-5-7-32-30(17-19-38(48-44)42(32)34)28-15-13-26-23-27-14-16-29(25-37(27)36(26)24-28)31-18-20-39-43-33(31)8-6-10-35(43)45(49-39)51-41-12-2-4-22-47-41/h1-22,24-25H,23H2,(H,46,48,50)(H,47,49,51). The summed E-state index contributed by atoms with van der Waals surface area (Å²) in [5.74, 6) is 3.04. The number of aliphatic imine (C=N–C) groups is 2. The molecule has 0 bridgehead atoms. The fraction of sp³-hybridized carbons (Fsp3) is 0.0222. The highest BCUT2D eigenvalue weighted by atomic mass is 15.1. The molecule has 0 spiro atoms. The summed E-state index contributed by atoms with van der Waals surface area (Å²) >= 11 is 0. The highest BCUT2D eigenvalue weighted by Crippen LogP contribution is 2.46. The molecule has 2 N–H and O–H groups in total. The molecular formula is C45H28N6. The van der Waals surface area contributed by atoms with E-state index in [1.165, 1.54) is 66.1 Å². The largest absolute Gasteiger partial charge is 0.339 e. The molecular weight excluding hydrogens is 625 g/mol. The average molecular weight is 653 g/mol. The summed E-state index contributed by atoms with van der Waals surface area (Å²) in [6.45, 7) is 0. The van der Waals surface area contributed by atoms with Crippen LogP contribution in [0.1, 0.15) is 22.3 Å². The molecule has 0 amide bonds. The SMILES string of the molecule is c1ccc(N=C2Nc3ccc(-c4ccc5c(c4)-c4cc(-c6ccc7c8c(cccc68)C(=Nc6ccccn6)N7)ccc4C5)c4cccc2c34)nc1. The van der Waals surface area contributed by atoms with E-state index in [2.05, 4.69) is 118 Å². The Hall–Kier alpha value is -6.92. The molecule has 3 aliphatic rings. The fourth-order valence-corrected chi connectivity index (χ4v) is 8.06. The lowest BCUT2D eigenvalue weighted by Gasteiger charge is -2.12. The van der Waals surface area contributed by atoms with Crippen molar-refractivity contribution in [2.45, 2.75) is 6.42 Å². The van der Waals surface area contributed by atoms with Gasteiger partial charge in [-0.3, -0.25) is 0 Å². The molecule has 0 atom stereocenters. The Kier molecular flexibility index (Phi) is 5.92. The smallest absolute Gasteiger partial charge is 0.154 e. The number of anilines is 2. The molecule has 0 unspecified atom stereocenters. The van der Waals surface area contributed by atoms with Gasteiger partial charge in [-0.15, -0.1) is 0 Å². The quantitative estimate of drug-likeness (QED) is 0.198. The second-order valence-corrected chi connectivity index (χ2v) is 13.2. The number of aromatic nitrogens is 2. The highest BCUT2D eigenvalue weighted by molar-refractivity contribution is 6.29. The molecule has 0 fully saturated rings. The lowest BCUT2D eigenvalue weighted by atomic mass is 9.91. The first-order chi connectivity index (χ1) is 25.2. The molecule has 6 aromatic carbocycles. The van der Waals surface area contributed by atoms with Gasteiger partial charge in [0.1, 0.15) is 11.7 Å². The van der Waals surface area contributed by atoms with Gasteiger partial charge in [-0.1, -0.05) is 84.9 Å². The van der Waals surface area contributed by atoms with Crippen molar-refractivity contribution >= 4 is 56.2 Å². The van der Waals surface area contributed by atoms with E-state index in [0.29, 0.717) is 11.6 Å². The van der Waals surface area contributed by atoms with E-state index in [9.17, 15) is 0 Å². The van der Waals surface area contributed by atoms with Crippen LogP contribution >= 0.6 is 0 Å². The summed E-state index contributed by atoms with van der Waals surface area (Å²) in [6, 6.07) is 47.4. The maximum Gasteiger partial charge on any atom is 0.154 e. The molecule has 2 aliphatic heterocycles. The number of rotatable bonds is 4. The Morgan fingerprint density at radius 3 is 1.41 bits per heavy atom. The van der Waals surface area contributed by atoms with Gasteiger partial charge in [0.25, 0.3) is 0 Å². The van der Waals surface area contributed by atoms with Gasteiger partial charge in [0.15, 0.2) is 11.6 Å². The first-order valence-corrected chi connectivity index (χ1v) is 17.2. The van der Waals surface area contributed by atoms with E-state index in [1.54, 1.807) is 12.4 Å². The highest BCUT2D eigenvalue weighted by Gasteiger charge is 2.25. The normalized spacial score (nSPS) is 15.0. The lowest BCUT2D eigenvalue weighted by molar-refractivity contribution is 1.26. The number of benzene rings is 6. The summed E-state index contributed by atoms with van der Waals surface area (Å²) in [5, 5.41) is 11.9. The van der Waals surface area contributed by atoms with E-state index in [-0.39, 0.29) is 0 Å². The van der Waals surface area contributed by atoms with Crippen LogP contribution in [-0.2, 0) is 6.42 Å². The zero-order chi connectivity index (χ0) is 33.5. The van der Waals surface area contributed by atoms with Gasteiger partial charge in [-0.25, -0.2) is 20.0 Å². The summed E-state index contributed by atoms with van der Waals surface area (Å²) < 4.78 is 0. The van der Waals surface area contributed by atoms with Gasteiger partial charge in [-0.05, 0) is 110 Å². The first-order valence-electron chi connectivity index (χ1n) is 17.2. The van der Waals surface area contributed by atoms with Crippen molar-refractivity contribution in [1.82, 2.24) is 9.97 Å². The third kappa shape index (κ3) is 4.36. The van der Waals surface area contributed by atoms with Crippen LogP contribution in [0.4, 0.5) is 23.0 Å². The average Bonchev–Trinajstić information content (AvgIpc) is 3.85. The Labute approximate surface area is 293 Å². The Balaban J connectivity index is 0.993. The third-order valence-corrected chi connectivity index (χ3v) is 10.4. The number of pyridine rings is 2. The minimum atomic E-state index is 0.690. The molecule has 6 nitrogen and oxygen atoms in total. The van der Waals surface area contributed by atoms with Crippen LogP contribution in [0.15, 0.2) is 156 Å². The molecule has 2 aromatic heterocycles. The van der Waals surface area contributed by atoms with Crippen molar-refractivity contribution in [2.75, 3.05) is 10.6 Å². The van der Waals surface area contributed by atoms with Crippen molar-refractivity contribution in [3.8, 4) is 33.4 Å². The van der Waals surface area contributed by atoms with Crippen molar-refractivity contribution in [2.24, 2.45) is 9.98 Å². The molecule has 11 rings (SSSR count). The van der Waals surface area contributed by atoms with E-state index < -0.39 is 0 Å². The monoisotopic (exact) mass is 652 g/mol. The second-order valence-electron chi connectivity index (χ2n) is 13.2. The number of nitrogens with one attached hydrogen (secondary N) is 2. The van der Waals surface area contributed by atoms with Gasteiger partial charge >= 0.3 is 0 Å². The summed E-state index contributed by atoms with van der Waals surface area (Å²) in [5.41, 5.74) is 14.5. The maximum atomic E-state index is 4.84. The van der Waals surface area contributed by atoms with Crippen LogP contribution in [0.3, 0.4) is 0 Å². The minimum absolute atomic E-state index is 0.690. The second kappa shape index (κ2) is 10.8. The Morgan fingerprint density at radius 2 is 0.941 bits per heavy atom. The van der Waals surface area contributed by atoms with Gasteiger partial charge in [0.05, 0.1) is 0 Å². The van der Waals surface area contributed by atoms with Gasteiger partial charge in [-0.2, -0.15) is 0 Å². The van der Waals surface area contributed by atoms with Crippen molar-refractivity contribution in [3.05, 3.63) is 168 Å². The predicted molar refractivity (Wildman–Crippen MR) is 209 cm³/mol. The van der Waals surface area contributed by atoms with Crippen LogP contribution in [0.25, 0.3) is 54.9 Å². The number of fused-ring (bicyclic) bond motifs is 3. The van der Waals surface area contributed by atoms with Gasteiger partial charge in [0, 0.05) is 45.7 Å². The van der Waals surface area contributed by atoms with Crippen LogP contribution in [0, 0.1) is 0 Å². The number of nitrogens with zero attached hydrogens (tertiary/aromatic N) is 4. The predicted octanol–water partition coefficient (Wildman–Crippen LogP) is 10.7. The topological polar surface area (TPSA) is 74.6 Å². The molecule has 238 valence electrons. The summed E-state index contributed by atoms with van der Waals surface area (Å²) in [4.78, 5) is 18.5. The van der Waals surface area contributed by atoms with Crippen LogP contribution in [-0.4, -0.2) is 21.6 Å². The number of hydrogen-bond acceptors (Lipinski definition) is 4. The molecule has 51 heavy (non-hydrogen) atoms. The molecule has 4 heterocycles. The Bertz CT molecular complexity index is 2630. The van der Waals surface area contributed by atoms with E-state index in [1.807, 2.05) is 36.4 Å². The summed E-state index contributed by atoms with van der Waals surface area (Å²) in [6.07, 6.45) is 4.48. The van der Waals surface area contributed by atoms with E-state index in [4.69, 9.17) is 9.98 Å². The summed E-state index contributed by atoms with van der Waals surface area (Å²) in [7, 11) is 0. The zero-order valence-electron chi connectivity index (χ0n) is 27.4. The minimum Gasteiger partial charge on any atom is -0.339 e. The van der Waals surface area contributed by atoms with E-state index in [0.717, 1.165) is 40.6 Å². The van der Waals surface area contributed by atoms with Gasteiger partial charge < -0.3 is 10.6 Å². The third-order valence-electron chi connectivity index (χ3n) is 10.4. The van der Waals surface area contributed by atoms with Crippen molar-refractivity contribution in [3.63, 3.8) is 0 Å².